The van der Waals surface area contributed by atoms with Gasteiger partial charge in [-0.25, -0.2) is 9.59 Å². The lowest BCUT2D eigenvalue weighted by Crippen LogP contribution is -1.96. The van der Waals surface area contributed by atoms with Crippen LogP contribution in [0.15, 0.2) is 12.2 Å². The molecule has 4 nitrogen and oxygen atoms in total. The topological polar surface area (TPSA) is 52.6 Å². The molecular weight excluding hydrogens is 160 g/mol. The first-order chi connectivity index (χ1) is 5.79. The van der Waals surface area contributed by atoms with Crippen LogP contribution in [0, 0.1) is 0 Å². The highest BCUT2D eigenvalue weighted by Gasteiger charge is 2.10. The van der Waals surface area contributed by atoms with Gasteiger partial charge in [0, 0.05) is 25.4 Å². The summed E-state index contributed by atoms with van der Waals surface area (Å²) in [4.78, 5) is 19.8. The number of ether oxygens (including phenoxy) is 2. The zero-order chi connectivity index (χ0) is 8.81. The third-order valence-electron chi connectivity index (χ3n) is 1.38. The van der Waals surface area contributed by atoms with Crippen LogP contribution in [-0.2, 0) is 19.1 Å². The summed E-state index contributed by atoms with van der Waals surface area (Å²) in [5.74, 6) is -1.16. The normalized spacial score (nSPS) is 20.3. The first-order valence-electron chi connectivity index (χ1n) is 3.80. The highest BCUT2D eigenvalue weighted by Crippen LogP contribution is 1.98. The van der Waals surface area contributed by atoms with Gasteiger partial charge in [-0.05, 0) is 12.8 Å². The number of cyclic esters (lactones) is 2. The van der Waals surface area contributed by atoms with Gasteiger partial charge in [0.05, 0.1) is 0 Å². The van der Waals surface area contributed by atoms with Crippen LogP contribution in [0.25, 0.3) is 0 Å². The number of carbonyl (C=O) groups is 2. The Hall–Kier alpha value is -1.16. The molecule has 1 saturated heterocycles. The van der Waals surface area contributed by atoms with Crippen LogP contribution in [-0.4, -0.2) is 25.2 Å². The van der Waals surface area contributed by atoms with Gasteiger partial charge in [-0.3, -0.25) is 0 Å². The maximum atomic E-state index is 9.92. The van der Waals surface area contributed by atoms with E-state index in [1.165, 1.54) is 12.8 Å². The van der Waals surface area contributed by atoms with Crippen LogP contribution in [0.3, 0.4) is 0 Å². The van der Waals surface area contributed by atoms with E-state index < -0.39 is 11.9 Å². The molecule has 0 aromatic rings. The van der Waals surface area contributed by atoms with E-state index in [0.29, 0.717) is 0 Å². The minimum atomic E-state index is -0.579. The van der Waals surface area contributed by atoms with E-state index in [0.717, 1.165) is 25.4 Å². The highest BCUT2D eigenvalue weighted by atomic mass is 16.6. The first-order valence-corrected chi connectivity index (χ1v) is 3.80. The number of hydrogen-bond acceptors (Lipinski definition) is 4. The van der Waals surface area contributed by atoms with E-state index in [1.54, 1.807) is 0 Å². The van der Waals surface area contributed by atoms with Gasteiger partial charge in [0.25, 0.3) is 0 Å². The quantitative estimate of drug-likeness (QED) is 0.390. The van der Waals surface area contributed by atoms with Crippen molar-refractivity contribution in [2.24, 2.45) is 0 Å². The van der Waals surface area contributed by atoms with E-state index in [-0.39, 0.29) is 0 Å². The van der Waals surface area contributed by atoms with E-state index in [9.17, 15) is 9.59 Å². The maximum Gasteiger partial charge on any atom is 0.338 e. The van der Waals surface area contributed by atoms with Crippen molar-refractivity contribution in [1.29, 1.82) is 0 Å². The Balaban J connectivity index is 0.000000127. The molecule has 2 aliphatic heterocycles. The van der Waals surface area contributed by atoms with Crippen molar-refractivity contribution in [3.63, 3.8) is 0 Å². The number of carbonyl (C=O) groups excluding carboxylic acids is 2. The van der Waals surface area contributed by atoms with E-state index in [4.69, 9.17) is 4.74 Å². The van der Waals surface area contributed by atoms with Gasteiger partial charge < -0.3 is 9.47 Å². The number of esters is 2. The van der Waals surface area contributed by atoms with Crippen molar-refractivity contribution in [3.05, 3.63) is 12.2 Å². The lowest BCUT2D eigenvalue weighted by atomic mass is 10.4. The molecule has 1 fully saturated rings. The van der Waals surface area contributed by atoms with Crippen molar-refractivity contribution in [2.45, 2.75) is 12.8 Å². The fourth-order valence-corrected chi connectivity index (χ4v) is 0.814. The monoisotopic (exact) mass is 170 g/mol. The first kappa shape index (κ1) is 8.93. The average Bonchev–Trinajstić information content (AvgIpc) is 2.63. The van der Waals surface area contributed by atoms with E-state index in [2.05, 4.69) is 4.74 Å². The zero-order valence-electron chi connectivity index (χ0n) is 6.62. The van der Waals surface area contributed by atoms with Crippen molar-refractivity contribution >= 4 is 11.9 Å². The Morgan fingerprint density at radius 2 is 1.50 bits per heavy atom. The Labute approximate surface area is 70.1 Å². The molecule has 0 radical (unpaired) electrons. The van der Waals surface area contributed by atoms with Crippen LogP contribution in [0.2, 0.25) is 0 Å². The largest absolute Gasteiger partial charge is 0.387 e. The molecule has 0 unspecified atom stereocenters. The number of hydrogen-bond donors (Lipinski definition) is 0. The molecule has 12 heavy (non-hydrogen) atoms. The van der Waals surface area contributed by atoms with Gasteiger partial charge in [-0.1, -0.05) is 0 Å². The van der Waals surface area contributed by atoms with Crippen molar-refractivity contribution in [3.8, 4) is 0 Å². The van der Waals surface area contributed by atoms with Gasteiger partial charge in [0.2, 0.25) is 0 Å². The van der Waals surface area contributed by atoms with Crippen LogP contribution in [0.5, 0.6) is 0 Å². The van der Waals surface area contributed by atoms with Gasteiger partial charge in [-0.15, -0.1) is 0 Å². The molecule has 0 aromatic heterocycles. The zero-order valence-corrected chi connectivity index (χ0v) is 6.62. The minimum Gasteiger partial charge on any atom is -0.387 e. The Bertz CT molecular complexity index is 179. The summed E-state index contributed by atoms with van der Waals surface area (Å²) in [7, 11) is 0. The molecule has 0 bridgehead atoms. The maximum absolute atomic E-state index is 9.92. The smallest absolute Gasteiger partial charge is 0.338 e. The summed E-state index contributed by atoms with van der Waals surface area (Å²) in [6.07, 6.45) is 4.73. The van der Waals surface area contributed by atoms with Crippen molar-refractivity contribution < 1.29 is 19.1 Å². The summed E-state index contributed by atoms with van der Waals surface area (Å²) in [6.45, 7) is 2.00. The lowest BCUT2D eigenvalue weighted by Gasteiger charge is -1.80. The van der Waals surface area contributed by atoms with Crippen LogP contribution >= 0.6 is 0 Å². The Morgan fingerprint density at radius 1 is 1.00 bits per heavy atom. The molecule has 66 valence electrons. The molecule has 0 aromatic carbocycles. The SMILES string of the molecule is C1CCOC1.O=C1C=CC(=O)O1. The highest BCUT2D eigenvalue weighted by molar-refractivity contribution is 6.04. The molecule has 0 saturated carbocycles. The fraction of sp³-hybridized carbons (Fsp3) is 0.500. The van der Waals surface area contributed by atoms with Crippen LogP contribution < -0.4 is 0 Å². The fourth-order valence-electron chi connectivity index (χ4n) is 0.814. The van der Waals surface area contributed by atoms with Crippen LogP contribution in [0.1, 0.15) is 12.8 Å². The van der Waals surface area contributed by atoms with Crippen molar-refractivity contribution in [1.82, 2.24) is 0 Å². The van der Waals surface area contributed by atoms with Gasteiger partial charge in [0.15, 0.2) is 0 Å². The molecule has 0 aliphatic carbocycles. The predicted molar refractivity (Wildman–Crippen MR) is 40.3 cm³/mol. The number of rotatable bonds is 0. The third kappa shape index (κ3) is 3.30. The molecular formula is C8H10O4. The van der Waals surface area contributed by atoms with E-state index in [1.807, 2.05) is 0 Å². The second-order valence-corrected chi connectivity index (χ2v) is 2.39. The molecule has 4 heteroatoms. The second-order valence-electron chi connectivity index (χ2n) is 2.39. The molecule has 2 heterocycles. The summed E-state index contributed by atoms with van der Waals surface area (Å²) >= 11 is 0. The lowest BCUT2D eigenvalue weighted by molar-refractivity contribution is -0.150. The van der Waals surface area contributed by atoms with Crippen molar-refractivity contribution in [2.75, 3.05) is 13.2 Å². The average molecular weight is 170 g/mol. The summed E-state index contributed by atoms with van der Waals surface area (Å²) in [5.41, 5.74) is 0. The van der Waals surface area contributed by atoms with Gasteiger partial charge in [-0.2, -0.15) is 0 Å². The summed E-state index contributed by atoms with van der Waals surface area (Å²) in [6, 6.07) is 0. The van der Waals surface area contributed by atoms with E-state index >= 15 is 0 Å². The molecule has 0 atom stereocenters. The van der Waals surface area contributed by atoms with Crippen LogP contribution in [0.4, 0.5) is 0 Å². The summed E-state index contributed by atoms with van der Waals surface area (Å²) < 4.78 is 8.92. The predicted octanol–water partition coefficient (Wildman–Crippen LogP) is 0.423. The molecule has 2 aliphatic rings. The minimum absolute atomic E-state index is 0.579. The molecule has 2 rings (SSSR count). The Kier molecular flexibility index (Phi) is 3.47. The molecule has 0 spiro atoms. The van der Waals surface area contributed by atoms with Gasteiger partial charge >= 0.3 is 11.9 Å². The van der Waals surface area contributed by atoms with Gasteiger partial charge in [0.1, 0.15) is 0 Å². The standard InChI is InChI=1S/C4H2O3.C4H8O/c5-3-1-2-4(6)7-3;1-2-4-5-3-1/h1-2H;1-4H2. The Morgan fingerprint density at radius 3 is 1.67 bits per heavy atom. The third-order valence-corrected chi connectivity index (χ3v) is 1.38. The molecule has 0 amide bonds. The molecule has 0 N–H and O–H groups in total. The second kappa shape index (κ2) is 4.66. The summed E-state index contributed by atoms with van der Waals surface area (Å²) in [5, 5.41) is 0.